The van der Waals surface area contributed by atoms with Crippen LogP contribution in [0.25, 0.3) is 0 Å². The summed E-state index contributed by atoms with van der Waals surface area (Å²) in [5.41, 5.74) is 6.03. The topological polar surface area (TPSA) is 64.3 Å². The number of nitrogens with one attached hydrogen (secondary N) is 1. The van der Waals surface area contributed by atoms with Gasteiger partial charge in [0.2, 0.25) is 0 Å². The summed E-state index contributed by atoms with van der Waals surface area (Å²) in [5.74, 6) is 4.69. The number of nitrogens with two attached hydrogens (primary N) is 1. The fraction of sp³-hybridized carbons (Fsp3) is 0.400. The minimum absolute atomic E-state index is 0.104. The maximum Gasteiger partial charge on any atom is 0.252 e. The van der Waals surface area contributed by atoms with Crippen molar-refractivity contribution >= 4 is 5.91 Å². The number of methoxy groups -OCH3 is 1. The highest BCUT2D eigenvalue weighted by Gasteiger charge is 2.30. The lowest BCUT2D eigenvalue weighted by Gasteiger charge is -2.34. The molecule has 3 N–H and O–H groups in total. The Balaban J connectivity index is 2.09. The Bertz CT molecular complexity index is 557. The van der Waals surface area contributed by atoms with E-state index in [-0.39, 0.29) is 24.6 Å². The quantitative estimate of drug-likeness (QED) is 0.811. The van der Waals surface area contributed by atoms with Crippen molar-refractivity contribution in [3.8, 4) is 11.8 Å². The summed E-state index contributed by atoms with van der Waals surface area (Å²) in [6, 6.07) is 4.04. The molecule has 20 heavy (non-hydrogen) atoms. The van der Waals surface area contributed by atoms with Gasteiger partial charge in [0, 0.05) is 18.7 Å². The number of hydrogen-bond acceptors (Lipinski definition) is 3. The Labute approximate surface area is 117 Å². The second-order valence-corrected chi connectivity index (χ2v) is 4.70. The number of benzene rings is 1. The monoisotopic (exact) mass is 276 g/mol. The first-order valence-corrected chi connectivity index (χ1v) is 6.46. The van der Waals surface area contributed by atoms with Crippen LogP contribution in [-0.4, -0.2) is 31.7 Å². The molecule has 0 aromatic heterocycles. The third-order valence-electron chi connectivity index (χ3n) is 3.31. The van der Waals surface area contributed by atoms with Gasteiger partial charge in [-0.3, -0.25) is 4.79 Å². The summed E-state index contributed by atoms with van der Waals surface area (Å²) in [6.07, 6.45) is 1.81. The highest BCUT2D eigenvalue weighted by Crippen LogP contribution is 2.23. The number of ether oxygens (including phenoxy) is 1. The van der Waals surface area contributed by atoms with Crippen LogP contribution < -0.4 is 11.1 Å². The molecule has 2 rings (SSSR count). The molecule has 0 spiro atoms. The van der Waals surface area contributed by atoms with E-state index in [4.69, 9.17) is 10.5 Å². The molecule has 0 bridgehead atoms. The van der Waals surface area contributed by atoms with Crippen LogP contribution in [0.2, 0.25) is 0 Å². The van der Waals surface area contributed by atoms with Gasteiger partial charge < -0.3 is 15.8 Å². The maximum atomic E-state index is 13.2. The summed E-state index contributed by atoms with van der Waals surface area (Å²) in [6.45, 7) is 0.162. The summed E-state index contributed by atoms with van der Waals surface area (Å²) < 4.78 is 18.4. The Morgan fingerprint density at radius 3 is 2.95 bits per heavy atom. The van der Waals surface area contributed by atoms with Crippen LogP contribution in [0, 0.1) is 17.7 Å². The molecule has 1 fully saturated rings. The summed E-state index contributed by atoms with van der Waals surface area (Å²) in [4.78, 5) is 12.2. The number of rotatable bonds is 3. The summed E-state index contributed by atoms with van der Waals surface area (Å²) in [7, 11) is 1.66. The van der Waals surface area contributed by atoms with Gasteiger partial charge in [-0.1, -0.05) is 11.8 Å². The van der Waals surface area contributed by atoms with Gasteiger partial charge in [-0.2, -0.15) is 0 Å². The Hall–Kier alpha value is -1.90. The molecule has 5 heteroatoms. The van der Waals surface area contributed by atoms with E-state index < -0.39 is 5.82 Å². The van der Waals surface area contributed by atoms with E-state index in [0.29, 0.717) is 11.1 Å². The molecular weight excluding hydrogens is 259 g/mol. The first kappa shape index (κ1) is 14.5. The Morgan fingerprint density at radius 1 is 1.55 bits per heavy atom. The van der Waals surface area contributed by atoms with Crippen LogP contribution in [0.1, 0.15) is 28.8 Å². The van der Waals surface area contributed by atoms with Gasteiger partial charge in [-0.15, -0.1) is 0 Å². The zero-order valence-electron chi connectivity index (χ0n) is 11.3. The Kier molecular flexibility index (Phi) is 4.72. The molecule has 0 atom stereocenters. The third kappa shape index (κ3) is 3.35. The average molecular weight is 276 g/mol. The molecule has 1 aliphatic rings. The van der Waals surface area contributed by atoms with Crippen LogP contribution in [0.3, 0.4) is 0 Å². The average Bonchev–Trinajstić information content (AvgIpc) is 2.39. The van der Waals surface area contributed by atoms with E-state index >= 15 is 0 Å². The lowest BCUT2D eigenvalue weighted by Crippen LogP contribution is -2.47. The molecule has 0 saturated heterocycles. The fourth-order valence-corrected chi connectivity index (χ4v) is 2.10. The molecule has 1 amide bonds. The second-order valence-electron chi connectivity index (χ2n) is 4.70. The smallest absolute Gasteiger partial charge is 0.252 e. The molecule has 0 unspecified atom stereocenters. The van der Waals surface area contributed by atoms with E-state index in [1.807, 2.05) is 0 Å². The molecule has 0 aliphatic heterocycles. The third-order valence-corrected chi connectivity index (χ3v) is 3.31. The number of carbonyl (C=O) groups excluding carboxylic acids is 1. The van der Waals surface area contributed by atoms with Gasteiger partial charge in [0.1, 0.15) is 5.82 Å². The lowest BCUT2D eigenvalue weighted by atomic mass is 9.89. The van der Waals surface area contributed by atoms with Gasteiger partial charge in [0.15, 0.2) is 0 Å². The first-order chi connectivity index (χ1) is 9.63. The standard InChI is InChI=1S/C15H17FN2O2/c1-20-13-8-12(9-13)18-15(19)14-5-4-11(16)7-10(14)3-2-6-17/h4-5,7,12-13H,6,8-9,17H2,1H3,(H,18,19). The summed E-state index contributed by atoms with van der Waals surface area (Å²) >= 11 is 0. The minimum Gasteiger partial charge on any atom is -0.381 e. The zero-order chi connectivity index (χ0) is 14.5. The van der Waals surface area contributed by atoms with Crippen molar-refractivity contribution in [2.45, 2.75) is 25.0 Å². The van der Waals surface area contributed by atoms with Crippen LogP contribution in [0.5, 0.6) is 0 Å². The molecule has 1 aliphatic carbocycles. The van der Waals surface area contributed by atoms with E-state index in [9.17, 15) is 9.18 Å². The second kappa shape index (κ2) is 6.51. The molecule has 106 valence electrons. The van der Waals surface area contributed by atoms with Crippen molar-refractivity contribution in [3.63, 3.8) is 0 Å². The van der Waals surface area contributed by atoms with E-state index in [2.05, 4.69) is 17.2 Å². The molecule has 0 heterocycles. The van der Waals surface area contributed by atoms with Crippen molar-refractivity contribution in [1.29, 1.82) is 0 Å². The van der Waals surface area contributed by atoms with E-state index in [0.717, 1.165) is 12.8 Å². The zero-order valence-corrected chi connectivity index (χ0v) is 11.3. The van der Waals surface area contributed by atoms with Crippen molar-refractivity contribution in [3.05, 3.63) is 35.1 Å². The maximum absolute atomic E-state index is 13.2. The van der Waals surface area contributed by atoms with Crippen molar-refractivity contribution in [2.75, 3.05) is 13.7 Å². The summed E-state index contributed by atoms with van der Waals surface area (Å²) in [5, 5.41) is 2.89. The normalized spacial score (nSPS) is 20.6. The lowest BCUT2D eigenvalue weighted by molar-refractivity contribution is 0.0176. The molecule has 0 radical (unpaired) electrons. The van der Waals surface area contributed by atoms with Crippen LogP contribution >= 0.6 is 0 Å². The van der Waals surface area contributed by atoms with Crippen LogP contribution in [0.15, 0.2) is 18.2 Å². The number of halogens is 1. The van der Waals surface area contributed by atoms with Crippen LogP contribution in [0.4, 0.5) is 4.39 Å². The highest BCUT2D eigenvalue weighted by atomic mass is 19.1. The molecule has 1 saturated carbocycles. The van der Waals surface area contributed by atoms with Crippen LogP contribution in [-0.2, 0) is 4.74 Å². The van der Waals surface area contributed by atoms with E-state index in [1.54, 1.807) is 7.11 Å². The van der Waals surface area contributed by atoms with Gasteiger partial charge in [0.25, 0.3) is 5.91 Å². The van der Waals surface area contributed by atoms with Crippen molar-refractivity contribution in [2.24, 2.45) is 5.73 Å². The minimum atomic E-state index is -0.425. The van der Waals surface area contributed by atoms with E-state index in [1.165, 1.54) is 18.2 Å². The van der Waals surface area contributed by atoms with Gasteiger partial charge in [-0.25, -0.2) is 4.39 Å². The fourth-order valence-electron chi connectivity index (χ4n) is 2.10. The van der Waals surface area contributed by atoms with Crippen molar-refractivity contribution in [1.82, 2.24) is 5.32 Å². The number of amides is 1. The number of hydrogen-bond donors (Lipinski definition) is 2. The van der Waals surface area contributed by atoms with Crippen molar-refractivity contribution < 1.29 is 13.9 Å². The van der Waals surface area contributed by atoms with Gasteiger partial charge >= 0.3 is 0 Å². The Morgan fingerprint density at radius 2 is 2.30 bits per heavy atom. The predicted octanol–water partition coefficient (Wildman–Crippen LogP) is 1.04. The first-order valence-electron chi connectivity index (χ1n) is 6.46. The molecule has 4 nitrogen and oxygen atoms in total. The SMILES string of the molecule is COC1CC(NC(=O)c2ccc(F)cc2C#CCN)C1. The largest absolute Gasteiger partial charge is 0.381 e. The molecule has 1 aromatic carbocycles. The molecule has 1 aromatic rings. The van der Waals surface area contributed by atoms with Gasteiger partial charge in [0.05, 0.1) is 18.2 Å². The molecular formula is C15H17FN2O2. The number of carbonyl (C=O) groups is 1. The van der Waals surface area contributed by atoms with Gasteiger partial charge in [-0.05, 0) is 31.0 Å². The highest BCUT2D eigenvalue weighted by molar-refractivity contribution is 5.97. The predicted molar refractivity (Wildman–Crippen MR) is 73.6 cm³/mol.